The smallest absolute Gasteiger partial charge is 0.229 e. The van der Waals surface area contributed by atoms with Crippen LogP contribution in [0, 0.1) is 5.41 Å². The van der Waals surface area contributed by atoms with Gasteiger partial charge in [0.15, 0.2) is 5.96 Å². The fraction of sp³-hybridized carbons (Fsp3) is 0.818. The molecule has 4 heteroatoms. The molecular weight excluding hydrogens is 190 g/mol. The molecule has 1 amide bonds. The van der Waals surface area contributed by atoms with E-state index in [1.165, 1.54) is 0 Å². The van der Waals surface area contributed by atoms with E-state index in [4.69, 9.17) is 5.73 Å². The van der Waals surface area contributed by atoms with Gasteiger partial charge in [-0.25, -0.2) is 0 Å². The van der Waals surface area contributed by atoms with E-state index < -0.39 is 0 Å². The highest BCUT2D eigenvalue weighted by molar-refractivity contribution is 5.96. The van der Waals surface area contributed by atoms with Gasteiger partial charge in [-0.3, -0.25) is 14.7 Å². The first-order chi connectivity index (χ1) is 6.90. The molecule has 0 spiro atoms. The molecule has 0 aromatic heterocycles. The third kappa shape index (κ3) is 3.90. The summed E-state index contributed by atoms with van der Waals surface area (Å²) in [5, 5.41) is 0. The Hall–Kier alpha value is -1.06. The molecule has 0 saturated heterocycles. The Morgan fingerprint density at radius 1 is 1.47 bits per heavy atom. The monoisotopic (exact) mass is 211 g/mol. The van der Waals surface area contributed by atoms with Gasteiger partial charge in [-0.2, -0.15) is 0 Å². The minimum Gasteiger partial charge on any atom is -0.369 e. The van der Waals surface area contributed by atoms with Crippen molar-refractivity contribution in [2.75, 3.05) is 13.1 Å². The number of amides is 1. The summed E-state index contributed by atoms with van der Waals surface area (Å²) in [5.41, 5.74) is 5.76. The maximum absolute atomic E-state index is 11.9. The Morgan fingerprint density at radius 2 is 2.13 bits per heavy atom. The van der Waals surface area contributed by atoms with E-state index in [1.54, 1.807) is 4.90 Å². The summed E-state index contributed by atoms with van der Waals surface area (Å²) in [7, 11) is 0. The van der Waals surface area contributed by atoms with Crippen LogP contribution in [-0.4, -0.2) is 29.9 Å². The predicted octanol–water partition coefficient (Wildman–Crippen LogP) is 1.36. The van der Waals surface area contributed by atoms with Crippen LogP contribution in [0.25, 0.3) is 0 Å². The fourth-order valence-electron chi connectivity index (χ4n) is 1.58. The first-order valence-electron chi connectivity index (χ1n) is 5.50. The molecule has 0 fully saturated rings. The van der Waals surface area contributed by atoms with Crippen LogP contribution in [0.5, 0.6) is 0 Å². The van der Waals surface area contributed by atoms with Crippen LogP contribution < -0.4 is 5.73 Å². The number of hydrogen-bond acceptors (Lipinski definition) is 3. The highest BCUT2D eigenvalue weighted by Crippen LogP contribution is 2.20. The number of nitrogens with two attached hydrogens (primary N) is 1. The van der Waals surface area contributed by atoms with Crippen LogP contribution in [-0.2, 0) is 4.79 Å². The van der Waals surface area contributed by atoms with Gasteiger partial charge in [0.25, 0.3) is 0 Å². The molecule has 0 bridgehead atoms. The Morgan fingerprint density at radius 3 is 2.73 bits per heavy atom. The average molecular weight is 211 g/mol. The van der Waals surface area contributed by atoms with Crippen molar-refractivity contribution in [3.05, 3.63) is 0 Å². The molecule has 4 nitrogen and oxygen atoms in total. The molecule has 0 saturated carbocycles. The van der Waals surface area contributed by atoms with E-state index in [-0.39, 0.29) is 11.3 Å². The van der Waals surface area contributed by atoms with Crippen molar-refractivity contribution in [2.45, 2.75) is 40.0 Å². The third-order valence-corrected chi connectivity index (χ3v) is 2.32. The van der Waals surface area contributed by atoms with Crippen LogP contribution >= 0.6 is 0 Å². The van der Waals surface area contributed by atoms with E-state index >= 15 is 0 Å². The standard InChI is InChI=1S/C11H21N3O/c1-11(2,3)8-9(15)14-7-5-4-6-13-10(14)12/h4-8H2,1-3H3,(H2,12,13). The van der Waals surface area contributed by atoms with E-state index in [0.717, 1.165) is 19.4 Å². The summed E-state index contributed by atoms with van der Waals surface area (Å²) in [6, 6.07) is 0. The highest BCUT2D eigenvalue weighted by atomic mass is 16.2. The van der Waals surface area contributed by atoms with E-state index in [2.05, 4.69) is 25.8 Å². The van der Waals surface area contributed by atoms with E-state index in [9.17, 15) is 4.79 Å². The molecule has 0 unspecified atom stereocenters. The van der Waals surface area contributed by atoms with Gasteiger partial charge in [0.2, 0.25) is 5.91 Å². The van der Waals surface area contributed by atoms with Crippen molar-refractivity contribution in [2.24, 2.45) is 16.1 Å². The van der Waals surface area contributed by atoms with Gasteiger partial charge in [0, 0.05) is 19.5 Å². The SMILES string of the molecule is CC(C)(C)CC(=O)N1CCCCN=C1N. The summed E-state index contributed by atoms with van der Waals surface area (Å²) in [6.07, 6.45) is 2.52. The molecule has 86 valence electrons. The van der Waals surface area contributed by atoms with Gasteiger partial charge in [0.1, 0.15) is 0 Å². The van der Waals surface area contributed by atoms with Crippen molar-refractivity contribution in [1.29, 1.82) is 0 Å². The summed E-state index contributed by atoms with van der Waals surface area (Å²) >= 11 is 0. The molecule has 1 heterocycles. The number of carbonyl (C=O) groups excluding carboxylic acids is 1. The molecule has 2 N–H and O–H groups in total. The van der Waals surface area contributed by atoms with Gasteiger partial charge in [-0.1, -0.05) is 20.8 Å². The van der Waals surface area contributed by atoms with Crippen molar-refractivity contribution in [3.63, 3.8) is 0 Å². The zero-order valence-corrected chi connectivity index (χ0v) is 9.92. The Kier molecular flexibility index (Phi) is 3.72. The number of guanidine groups is 1. The van der Waals surface area contributed by atoms with Gasteiger partial charge >= 0.3 is 0 Å². The quantitative estimate of drug-likeness (QED) is 0.712. The Labute approximate surface area is 91.5 Å². The van der Waals surface area contributed by atoms with Crippen molar-refractivity contribution in [3.8, 4) is 0 Å². The summed E-state index contributed by atoms with van der Waals surface area (Å²) in [5.74, 6) is 0.479. The minimum atomic E-state index is 0.00364. The lowest BCUT2D eigenvalue weighted by Crippen LogP contribution is -2.43. The van der Waals surface area contributed by atoms with Crippen molar-refractivity contribution >= 4 is 11.9 Å². The van der Waals surface area contributed by atoms with Gasteiger partial charge in [-0.05, 0) is 18.3 Å². The van der Waals surface area contributed by atoms with Crippen LogP contribution in [0.1, 0.15) is 40.0 Å². The molecule has 1 rings (SSSR count). The number of aliphatic imine (C=N–C) groups is 1. The molecule has 0 atom stereocenters. The maximum Gasteiger partial charge on any atom is 0.229 e. The summed E-state index contributed by atoms with van der Waals surface area (Å²) in [6.45, 7) is 7.61. The van der Waals surface area contributed by atoms with Crippen LogP contribution in [0.4, 0.5) is 0 Å². The Bertz CT molecular complexity index is 265. The van der Waals surface area contributed by atoms with Crippen LogP contribution in [0.3, 0.4) is 0 Å². The normalized spacial score (nSPS) is 18.3. The molecule has 1 aliphatic heterocycles. The first-order valence-corrected chi connectivity index (χ1v) is 5.50. The summed E-state index contributed by atoms with van der Waals surface area (Å²) in [4.78, 5) is 17.7. The molecule has 15 heavy (non-hydrogen) atoms. The molecule has 0 aromatic rings. The molecule has 0 aromatic carbocycles. The zero-order chi connectivity index (χ0) is 11.5. The second kappa shape index (κ2) is 4.64. The predicted molar refractivity (Wildman–Crippen MR) is 61.5 cm³/mol. The lowest BCUT2D eigenvalue weighted by atomic mass is 9.91. The summed E-state index contributed by atoms with van der Waals surface area (Å²) < 4.78 is 0. The van der Waals surface area contributed by atoms with Gasteiger partial charge < -0.3 is 5.73 Å². The maximum atomic E-state index is 11.9. The second-order valence-corrected chi connectivity index (χ2v) is 5.23. The number of rotatable bonds is 1. The lowest BCUT2D eigenvalue weighted by Gasteiger charge is -2.24. The largest absolute Gasteiger partial charge is 0.369 e. The number of carbonyl (C=O) groups is 1. The number of nitrogens with zero attached hydrogens (tertiary/aromatic N) is 2. The van der Waals surface area contributed by atoms with Crippen molar-refractivity contribution in [1.82, 2.24) is 4.90 Å². The lowest BCUT2D eigenvalue weighted by molar-refractivity contribution is -0.129. The first kappa shape index (κ1) is 12.0. The molecule has 0 radical (unpaired) electrons. The van der Waals surface area contributed by atoms with Crippen molar-refractivity contribution < 1.29 is 4.79 Å². The van der Waals surface area contributed by atoms with E-state index in [1.807, 2.05) is 0 Å². The third-order valence-electron chi connectivity index (χ3n) is 2.32. The highest BCUT2D eigenvalue weighted by Gasteiger charge is 2.23. The zero-order valence-electron chi connectivity index (χ0n) is 9.92. The Balaban J connectivity index is 2.65. The molecule has 1 aliphatic rings. The average Bonchev–Trinajstić information content (AvgIpc) is 2.26. The molecular formula is C11H21N3O. The van der Waals surface area contributed by atoms with Gasteiger partial charge in [0.05, 0.1) is 0 Å². The fourth-order valence-corrected chi connectivity index (χ4v) is 1.58. The second-order valence-electron chi connectivity index (χ2n) is 5.23. The van der Waals surface area contributed by atoms with Crippen LogP contribution in [0.2, 0.25) is 0 Å². The van der Waals surface area contributed by atoms with E-state index in [0.29, 0.717) is 18.9 Å². The molecule has 0 aliphatic carbocycles. The van der Waals surface area contributed by atoms with Crippen LogP contribution in [0.15, 0.2) is 4.99 Å². The minimum absolute atomic E-state index is 0.00364. The number of hydrogen-bond donors (Lipinski definition) is 1. The van der Waals surface area contributed by atoms with Gasteiger partial charge in [-0.15, -0.1) is 0 Å². The topological polar surface area (TPSA) is 58.7 Å².